The molecule has 126 valence electrons. The van der Waals surface area contributed by atoms with E-state index in [1.54, 1.807) is 6.20 Å². The van der Waals surface area contributed by atoms with Crippen LogP contribution >= 0.6 is 0 Å². The molecule has 1 aromatic heterocycles. The van der Waals surface area contributed by atoms with Gasteiger partial charge in [-0.15, -0.1) is 0 Å². The molecule has 5 heteroatoms. The summed E-state index contributed by atoms with van der Waals surface area (Å²) >= 11 is 0. The van der Waals surface area contributed by atoms with E-state index in [9.17, 15) is 4.79 Å². The zero-order valence-corrected chi connectivity index (χ0v) is 15.4. The van der Waals surface area contributed by atoms with Gasteiger partial charge in [0, 0.05) is 18.1 Å². The molecule has 0 spiro atoms. The number of hydrogen-bond acceptors (Lipinski definition) is 4. The summed E-state index contributed by atoms with van der Waals surface area (Å²) < 4.78 is 12.5. The Balaban J connectivity index is 2.29. The van der Waals surface area contributed by atoms with Gasteiger partial charge in [0.2, 0.25) is 0 Å². The second-order valence-corrected chi connectivity index (χ2v) is 7.44. The smallest absolute Gasteiger partial charge is 0.399 e. The van der Waals surface area contributed by atoms with Gasteiger partial charge in [0.1, 0.15) is 5.69 Å². The summed E-state index contributed by atoms with van der Waals surface area (Å²) in [5, 5.41) is 0. The van der Waals surface area contributed by atoms with Crippen LogP contribution in [0.25, 0.3) is 0 Å². The maximum absolute atomic E-state index is 12.0. The number of pyridine rings is 1. The summed E-state index contributed by atoms with van der Waals surface area (Å²) in [6.07, 6.45) is 3.09. The Bertz CT molecular complexity index is 600. The molecule has 1 aromatic rings. The minimum atomic E-state index is -0.444. The fourth-order valence-corrected chi connectivity index (χ4v) is 3.05. The first-order valence-corrected chi connectivity index (χ1v) is 8.47. The van der Waals surface area contributed by atoms with Gasteiger partial charge in [0.05, 0.1) is 11.2 Å². The van der Waals surface area contributed by atoms with Crippen LogP contribution in [0.2, 0.25) is 0 Å². The third-order valence-corrected chi connectivity index (χ3v) is 5.22. The van der Waals surface area contributed by atoms with E-state index in [2.05, 4.69) is 39.6 Å². The van der Waals surface area contributed by atoms with E-state index in [1.165, 1.54) is 0 Å². The summed E-state index contributed by atoms with van der Waals surface area (Å²) in [5.41, 5.74) is 1.64. The van der Waals surface area contributed by atoms with Crippen molar-refractivity contribution in [3.63, 3.8) is 0 Å². The van der Waals surface area contributed by atoms with Gasteiger partial charge in [-0.1, -0.05) is 20.8 Å². The van der Waals surface area contributed by atoms with E-state index >= 15 is 0 Å². The molecule has 0 saturated carbocycles. The Labute approximate surface area is 140 Å². The molecule has 4 nitrogen and oxygen atoms in total. The van der Waals surface area contributed by atoms with Gasteiger partial charge in [0.15, 0.2) is 5.78 Å². The molecule has 1 fully saturated rings. The number of aromatic nitrogens is 1. The average Bonchev–Trinajstić information content (AvgIpc) is 2.70. The topological polar surface area (TPSA) is 48.4 Å². The van der Waals surface area contributed by atoms with Gasteiger partial charge in [-0.05, 0) is 51.7 Å². The second kappa shape index (κ2) is 6.37. The number of carbonyl (C=O) groups excluding carboxylic acids is 1. The maximum atomic E-state index is 12.0. The number of Topliss-reactive ketones (excluding diaryl/α,β-unsaturated/α-hetero) is 1. The zero-order valence-electron chi connectivity index (χ0n) is 15.4. The fourth-order valence-electron chi connectivity index (χ4n) is 3.05. The molecular weight excluding hydrogens is 289 g/mol. The van der Waals surface area contributed by atoms with E-state index < -0.39 is 12.7 Å². The molecule has 0 aromatic carbocycles. The van der Waals surface area contributed by atoms with Crippen molar-refractivity contribution in [2.75, 3.05) is 0 Å². The van der Waals surface area contributed by atoms with Crippen LogP contribution in [0.15, 0.2) is 12.3 Å². The standard InChI is InChI=1S/C18H28BNO3/c1-8-9-16(21)15-10-13(4)14(11-20-15)19-22-17(5,6)18(7,23-19)12(2)3/h10-12H,8-9H2,1-7H3. The first kappa shape index (κ1) is 18.1. The Morgan fingerprint density at radius 1 is 1.30 bits per heavy atom. The lowest BCUT2D eigenvalue weighted by Gasteiger charge is -2.39. The molecule has 1 saturated heterocycles. The van der Waals surface area contributed by atoms with Crippen molar-refractivity contribution in [3.05, 3.63) is 23.5 Å². The highest BCUT2D eigenvalue weighted by Crippen LogP contribution is 2.42. The molecule has 0 amide bonds. The highest BCUT2D eigenvalue weighted by atomic mass is 16.7. The van der Waals surface area contributed by atoms with Crippen molar-refractivity contribution in [2.45, 2.75) is 72.5 Å². The Kier molecular flexibility index (Phi) is 5.02. The summed E-state index contributed by atoms with van der Waals surface area (Å²) in [4.78, 5) is 16.3. The number of ketones is 1. The molecule has 1 aliphatic rings. The van der Waals surface area contributed by atoms with Crippen molar-refractivity contribution >= 4 is 18.4 Å². The lowest BCUT2D eigenvalue weighted by Crippen LogP contribution is -2.48. The highest BCUT2D eigenvalue weighted by molar-refractivity contribution is 6.62. The summed E-state index contributed by atoms with van der Waals surface area (Å²) in [7, 11) is -0.444. The number of aryl methyl sites for hydroxylation is 1. The summed E-state index contributed by atoms with van der Waals surface area (Å²) in [6, 6.07) is 1.85. The SMILES string of the molecule is CCCC(=O)c1cc(C)c(B2OC(C)(C)C(C)(C(C)C)O2)cn1. The Morgan fingerprint density at radius 3 is 2.43 bits per heavy atom. The largest absolute Gasteiger partial charge is 0.496 e. The van der Waals surface area contributed by atoms with Crippen LogP contribution in [0, 0.1) is 12.8 Å². The quantitative estimate of drug-likeness (QED) is 0.617. The van der Waals surface area contributed by atoms with Gasteiger partial charge in [-0.2, -0.15) is 0 Å². The van der Waals surface area contributed by atoms with Crippen molar-refractivity contribution < 1.29 is 14.1 Å². The Morgan fingerprint density at radius 2 is 1.96 bits per heavy atom. The van der Waals surface area contributed by atoms with Gasteiger partial charge in [0.25, 0.3) is 0 Å². The molecule has 0 aliphatic carbocycles. The van der Waals surface area contributed by atoms with Crippen LogP contribution in [-0.4, -0.2) is 29.1 Å². The van der Waals surface area contributed by atoms with E-state index in [0.717, 1.165) is 17.4 Å². The monoisotopic (exact) mass is 317 g/mol. The molecule has 1 unspecified atom stereocenters. The molecular formula is C18H28BNO3. The minimum absolute atomic E-state index is 0.0859. The summed E-state index contributed by atoms with van der Waals surface area (Å²) in [5.74, 6) is 0.406. The van der Waals surface area contributed by atoms with Crippen molar-refractivity contribution in [3.8, 4) is 0 Å². The van der Waals surface area contributed by atoms with Crippen LogP contribution < -0.4 is 5.46 Å². The summed E-state index contributed by atoms with van der Waals surface area (Å²) in [6.45, 7) is 14.5. The molecule has 0 N–H and O–H groups in total. The number of rotatable bonds is 5. The van der Waals surface area contributed by atoms with Gasteiger partial charge >= 0.3 is 7.12 Å². The first-order chi connectivity index (χ1) is 10.6. The van der Waals surface area contributed by atoms with Crippen LogP contribution in [0.3, 0.4) is 0 Å². The van der Waals surface area contributed by atoms with E-state index in [0.29, 0.717) is 18.0 Å². The van der Waals surface area contributed by atoms with Crippen LogP contribution in [0.4, 0.5) is 0 Å². The van der Waals surface area contributed by atoms with E-state index in [-0.39, 0.29) is 11.4 Å². The average molecular weight is 317 g/mol. The lowest BCUT2D eigenvalue weighted by molar-refractivity contribution is -0.0435. The van der Waals surface area contributed by atoms with Crippen LogP contribution in [-0.2, 0) is 9.31 Å². The number of nitrogens with zero attached hydrogens (tertiary/aromatic N) is 1. The third kappa shape index (κ3) is 3.22. The van der Waals surface area contributed by atoms with Gasteiger partial charge in [-0.25, -0.2) is 0 Å². The zero-order chi connectivity index (χ0) is 17.4. The predicted molar refractivity (Wildman–Crippen MR) is 93.1 cm³/mol. The van der Waals surface area contributed by atoms with E-state index in [1.807, 2.05) is 19.9 Å². The predicted octanol–water partition coefficient (Wildman–Crippen LogP) is 3.31. The fraction of sp³-hybridized carbons (Fsp3) is 0.667. The molecule has 2 heterocycles. The third-order valence-electron chi connectivity index (χ3n) is 5.22. The van der Waals surface area contributed by atoms with Gasteiger partial charge < -0.3 is 9.31 Å². The Hall–Kier alpha value is -1.20. The molecule has 0 bridgehead atoms. The number of carbonyl (C=O) groups is 1. The molecule has 2 rings (SSSR count). The molecule has 1 atom stereocenters. The molecule has 1 aliphatic heterocycles. The lowest BCUT2D eigenvalue weighted by atomic mass is 9.77. The van der Waals surface area contributed by atoms with Crippen LogP contribution in [0.1, 0.15) is 70.4 Å². The molecule has 0 radical (unpaired) electrons. The van der Waals surface area contributed by atoms with Crippen molar-refractivity contribution in [1.29, 1.82) is 0 Å². The minimum Gasteiger partial charge on any atom is -0.399 e. The number of hydrogen-bond donors (Lipinski definition) is 0. The molecule has 23 heavy (non-hydrogen) atoms. The van der Waals surface area contributed by atoms with Crippen molar-refractivity contribution in [1.82, 2.24) is 4.98 Å². The normalized spacial score (nSPS) is 23.6. The van der Waals surface area contributed by atoms with Crippen LogP contribution in [0.5, 0.6) is 0 Å². The first-order valence-electron chi connectivity index (χ1n) is 8.47. The maximum Gasteiger partial charge on any atom is 0.496 e. The second-order valence-electron chi connectivity index (χ2n) is 7.44. The van der Waals surface area contributed by atoms with Crippen molar-refractivity contribution in [2.24, 2.45) is 5.92 Å². The van der Waals surface area contributed by atoms with E-state index in [4.69, 9.17) is 9.31 Å². The van der Waals surface area contributed by atoms with Gasteiger partial charge in [-0.3, -0.25) is 9.78 Å². The highest BCUT2D eigenvalue weighted by Gasteiger charge is 2.56.